The van der Waals surface area contributed by atoms with Crippen molar-refractivity contribution in [2.24, 2.45) is 17.8 Å². The molecule has 1 unspecified atom stereocenters. The van der Waals surface area contributed by atoms with Crippen LogP contribution < -0.4 is 10.1 Å². The Labute approximate surface area is 102 Å². The molecule has 1 aliphatic carbocycles. The Hall–Kier alpha value is -1.30. The van der Waals surface area contributed by atoms with Crippen LogP contribution in [0.25, 0.3) is 0 Å². The predicted octanol–water partition coefficient (Wildman–Crippen LogP) is 1.94. The van der Waals surface area contributed by atoms with Crippen molar-refractivity contribution in [3.05, 3.63) is 24.0 Å². The highest BCUT2D eigenvalue weighted by Crippen LogP contribution is 2.48. The van der Waals surface area contributed by atoms with Crippen LogP contribution in [-0.2, 0) is 6.18 Å². The third-order valence-corrected chi connectivity index (χ3v) is 3.75. The van der Waals surface area contributed by atoms with Crippen LogP contribution in [0.5, 0.6) is 5.75 Å². The Kier molecular flexibility index (Phi) is 2.69. The van der Waals surface area contributed by atoms with E-state index in [1.165, 1.54) is 6.20 Å². The number of rotatable bonds is 3. The zero-order chi connectivity index (χ0) is 12.8. The molecule has 0 bridgehead atoms. The van der Waals surface area contributed by atoms with Crippen molar-refractivity contribution in [1.82, 2.24) is 10.3 Å². The molecule has 1 saturated carbocycles. The summed E-state index contributed by atoms with van der Waals surface area (Å²) in [6.07, 6.45) is -2.24. The minimum atomic E-state index is -4.37. The molecule has 2 heterocycles. The van der Waals surface area contributed by atoms with E-state index in [2.05, 4.69) is 10.3 Å². The van der Waals surface area contributed by atoms with Gasteiger partial charge in [-0.25, -0.2) is 0 Å². The number of piperidine rings is 1. The maximum absolute atomic E-state index is 12.5. The number of hydrogen-bond donors (Lipinski definition) is 1. The first-order valence-corrected chi connectivity index (χ1v) is 5.91. The fourth-order valence-electron chi connectivity index (χ4n) is 2.64. The van der Waals surface area contributed by atoms with Crippen molar-refractivity contribution in [3.63, 3.8) is 0 Å². The first-order chi connectivity index (χ1) is 8.55. The van der Waals surface area contributed by atoms with E-state index >= 15 is 0 Å². The number of hydrogen-bond acceptors (Lipinski definition) is 3. The average molecular weight is 258 g/mol. The normalized spacial score (nSPS) is 30.1. The van der Waals surface area contributed by atoms with E-state index < -0.39 is 11.7 Å². The van der Waals surface area contributed by atoms with Gasteiger partial charge in [0.1, 0.15) is 5.75 Å². The number of fused-ring (bicyclic) bond motifs is 1. The zero-order valence-corrected chi connectivity index (χ0v) is 9.57. The second-order valence-electron chi connectivity index (χ2n) is 4.87. The average Bonchev–Trinajstić information content (AvgIpc) is 2.77. The van der Waals surface area contributed by atoms with Gasteiger partial charge in [0.25, 0.3) is 0 Å². The van der Waals surface area contributed by atoms with E-state index in [1.54, 1.807) is 0 Å². The summed E-state index contributed by atoms with van der Waals surface area (Å²) in [5.74, 6) is 1.97. The van der Waals surface area contributed by atoms with E-state index in [9.17, 15) is 13.2 Å². The summed E-state index contributed by atoms with van der Waals surface area (Å²) >= 11 is 0. The first kappa shape index (κ1) is 11.8. The molecule has 1 saturated heterocycles. The van der Waals surface area contributed by atoms with Crippen LogP contribution in [0.4, 0.5) is 13.2 Å². The minimum absolute atomic E-state index is 0.197. The first-order valence-electron chi connectivity index (χ1n) is 5.91. The number of nitrogens with one attached hydrogen (secondary N) is 1. The highest BCUT2D eigenvalue weighted by Gasteiger charge is 2.53. The predicted molar refractivity (Wildman–Crippen MR) is 58.1 cm³/mol. The molecule has 18 heavy (non-hydrogen) atoms. The second kappa shape index (κ2) is 4.12. The van der Waals surface area contributed by atoms with Crippen molar-refractivity contribution >= 4 is 0 Å². The molecule has 3 nitrogen and oxygen atoms in total. The van der Waals surface area contributed by atoms with E-state index in [1.807, 2.05) is 0 Å². The molecule has 0 aromatic carbocycles. The highest BCUT2D eigenvalue weighted by molar-refractivity contribution is 5.25. The summed E-state index contributed by atoms with van der Waals surface area (Å²) in [4.78, 5) is 3.56. The zero-order valence-electron chi connectivity index (χ0n) is 9.57. The molecule has 1 aromatic rings. The van der Waals surface area contributed by atoms with Crippen molar-refractivity contribution < 1.29 is 17.9 Å². The Balaban J connectivity index is 1.60. The van der Waals surface area contributed by atoms with Crippen molar-refractivity contribution in [2.75, 3.05) is 19.7 Å². The van der Waals surface area contributed by atoms with Gasteiger partial charge in [-0.1, -0.05) is 0 Å². The highest BCUT2D eigenvalue weighted by atomic mass is 19.4. The van der Waals surface area contributed by atoms with Crippen LogP contribution in [-0.4, -0.2) is 24.7 Å². The van der Waals surface area contributed by atoms with Gasteiger partial charge in [-0.2, -0.15) is 13.2 Å². The molecule has 0 radical (unpaired) electrons. The summed E-state index contributed by atoms with van der Waals surface area (Å²) in [6.45, 7) is 2.49. The minimum Gasteiger partial charge on any atom is -0.492 e. The number of pyridine rings is 1. The molecule has 2 fully saturated rings. The Morgan fingerprint density at radius 3 is 2.67 bits per heavy atom. The lowest BCUT2D eigenvalue weighted by Gasteiger charge is -2.10. The fourth-order valence-corrected chi connectivity index (χ4v) is 2.64. The Morgan fingerprint density at radius 2 is 2.00 bits per heavy atom. The van der Waals surface area contributed by atoms with Gasteiger partial charge in [0.2, 0.25) is 0 Å². The largest absolute Gasteiger partial charge is 0.492 e. The lowest BCUT2D eigenvalue weighted by Crippen LogP contribution is -2.17. The van der Waals surface area contributed by atoms with Gasteiger partial charge in [-0.3, -0.25) is 4.98 Å². The molecule has 6 heteroatoms. The van der Waals surface area contributed by atoms with Gasteiger partial charge in [0, 0.05) is 12.1 Å². The van der Waals surface area contributed by atoms with Crippen molar-refractivity contribution in [3.8, 4) is 5.75 Å². The lowest BCUT2D eigenvalue weighted by molar-refractivity contribution is -0.137. The summed E-state index contributed by atoms with van der Waals surface area (Å²) in [5.41, 5.74) is -0.766. The molecule has 0 spiro atoms. The quantitative estimate of drug-likeness (QED) is 0.899. The number of alkyl halides is 3. The second-order valence-corrected chi connectivity index (χ2v) is 4.87. The molecule has 3 atom stereocenters. The number of aromatic nitrogens is 1. The number of ether oxygens (including phenoxy) is 1. The molecule has 3 rings (SSSR count). The summed E-state index contributed by atoms with van der Waals surface area (Å²) < 4.78 is 42.8. The maximum Gasteiger partial charge on any atom is 0.418 e. The third-order valence-electron chi connectivity index (χ3n) is 3.75. The molecule has 1 aromatic heterocycles. The van der Waals surface area contributed by atoms with Crippen LogP contribution >= 0.6 is 0 Å². The van der Waals surface area contributed by atoms with Crippen LogP contribution in [0.3, 0.4) is 0 Å². The SMILES string of the molecule is FC(F)(F)c1cncc(OCC2[C@H]3CNC[C@@H]23)c1. The Morgan fingerprint density at radius 1 is 1.28 bits per heavy atom. The number of nitrogens with zero attached hydrogens (tertiary/aromatic N) is 1. The smallest absolute Gasteiger partial charge is 0.418 e. The van der Waals surface area contributed by atoms with Crippen LogP contribution in [0.2, 0.25) is 0 Å². The van der Waals surface area contributed by atoms with Gasteiger partial charge in [0.15, 0.2) is 0 Å². The van der Waals surface area contributed by atoms with E-state index in [4.69, 9.17) is 4.74 Å². The molecule has 98 valence electrons. The van der Waals surface area contributed by atoms with Crippen molar-refractivity contribution in [2.45, 2.75) is 6.18 Å². The monoisotopic (exact) mass is 258 g/mol. The third kappa shape index (κ3) is 2.16. The van der Waals surface area contributed by atoms with Crippen LogP contribution in [0.1, 0.15) is 5.56 Å². The molecule has 0 amide bonds. The van der Waals surface area contributed by atoms with Crippen molar-refractivity contribution in [1.29, 1.82) is 0 Å². The van der Waals surface area contributed by atoms with Gasteiger partial charge < -0.3 is 10.1 Å². The maximum atomic E-state index is 12.5. The molecule has 2 aliphatic rings. The topological polar surface area (TPSA) is 34.1 Å². The van der Waals surface area contributed by atoms with E-state index in [0.717, 1.165) is 25.4 Å². The molecular formula is C12H13F3N2O. The lowest BCUT2D eigenvalue weighted by atomic mass is 10.2. The van der Waals surface area contributed by atoms with Crippen LogP contribution in [0.15, 0.2) is 18.5 Å². The van der Waals surface area contributed by atoms with Gasteiger partial charge in [0.05, 0.1) is 18.4 Å². The Bertz CT molecular complexity index is 439. The standard InChI is InChI=1S/C12H13F3N2O/c13-12(14,15)7-1-8(3-16-2-7)18-6-11-9-4-17-5-10(9)11/h1-3,9-11,17H,4-6H2/t9-,10+,11?. The summed E-state index contributed by atoms with van der Waals surface area (Å²) in [7, 11) is 0. The molecular weight excluding hydrogens is 245 g/mol. The van der Waals surface area contributed by atoms with Crippen LogP contribution in [0, 0.1) is 17.8 Å². The molecule has 1 aliphatic heterocycles. The summed E-state index contributed by atoms with van der Waals surface area (Å²) in [6, 6.07) is 1.00. The van der Waals surface area contributed by atoms with E-state index in [-0.39, 0.29) is 5.75 Å². The van der Waals surface area contributed by atoms with Gasteiger partial charge in [-0.05, 0) is 31.0 Å². The van der Waals surface area contributed by atoms with Gasteiger partial charge >= 0.3 is 6.18 Å². The number of halogens is 3. The summed E-state index contributed by atoms with van der Waals surface area (Å²) in [5, 5.41) is 3.26. The fraction of sp³-hybridized carbons (Fsp3) is 0.583. The van der Waals surface area contributed by atoms with E-state index in [0.29, 0.717) is 24.4 Å². The van der Waals surface area contributed by atoms with Gasteiger partial charge in [-0.15, -0.1) is 0 Å². The molecule has 1 N–H and O–H groups in total.